The van der Waals surface area contributed by atoms with Gasteiger partial charge in [-0.15, -0.1) is 0 Å². The van der Waals surface area contributed by atoms with E-state index in [0.29, 0.717) is 6.61 Å². The maximum Gasteiger partial charge on any atom is 0.308 e. The quantitative estimate of drug-likeness (QED) is 0.794. The third-order valence-corrected chi connectivity index (χ3v) is 3.24. The molecule has 0 aliphatic heterocycles. The summed E-state index contributed by atoms with van der Waals surface area (Å²) in [6.07, 6.45) is 3.83. The van der Waals surface area contributed by atoms with Crippen molar-refractivity contribution in [2.75, 3.05) is 6.61 Å². The van der Waals surface area contributed by atoms with Gasteiger partial charge in [0.05, 0.1) is 19.1 Å². The smallest absolute Gasteiger partial charge is 0.308 e. The minimum atomic E-state index is -0.219. The van der Waals surface area contributed by atoms with Crippen LogP contribution in [-0.2, 0) is 9.53 Å². The van der Waals surface area contributed by atoms with Gasteiger partial charge in [-0.3, -0.25) is 9.48 Å². The van der Waals surface area contributed by atoms with Crippen molar-refractivity contribution < 1.29 is 9.53 Å². The van der Waals surface area contributed by atoms with Gasteiger partial charge in [-0.25, -0.2) is 0 Å². The van der Waals surface area contributed by atoms with E-state index in [-0.39, 0.29) is 18.4 Å². The van der Waals surface area contributed by atoms with Gasteiger partial charge in [-0.2, -0.15) is 5.10 Å². The largest absolute Gasteiger partial charge is 0.466 e. The molecule has 1 unspecified atom stereocenters. The second kappa shape index (κ2) is 6.52. The van der Waals surface area contributed by atoms with E-state index in [1.807, 2.05) is 36.5 Å². The molecular formula is C14H15BrN2O2. The molecule has 0 N–H and O–H groups in total. The second-order valence-corrected chi connectivity index (χ2v) is 4.98. The predicted octanol–water partition coefficient (Wildman–Crippen LogP) is 3.19. The summed E-state index contributed by atoms with van der Waals surface area (Å²) in [5.74, 6) is -0.219. The number of ether oxygens (including phenoxy) is 1. The van der Waals surface area contributed by atoms with Gasteiger partial charge in [-0.05, 0) is 30.7 Å². The second-order valence-electron chi connectivity index (χ2n) is 4.07. The van der Waals surface area contributed by atoms with Gasteiger partial charge in [0.2, 0.25) is 0 Å². The molecule has 1 aromatic carbocycles. The Labute approximate surface area is 120 Å². The molecule has 0 saturated carbocycles. The van der Waals surface area contributed by atoms with Crippen molar-refractivity contribution in [2.24, 2.45) is 0 Å². The molecule has 0 amide bonds. The van der Waals surface area contributed by atoms with Gasteiger partial charge >= 0.3 is 5.97 Å². The van der Waals surface area contributed by atoms with E-state index in [1.54, 1.807) is 17.8 Å². The Hall–Kier alpha value is -1.62. The summed E-state index contributed by atoms with van der Waals surface area (Å²) in [6, 6.07) is 9.57. The molecule has 0 fully saturated rings. The predicted molar refractivity (Wildman–Crippen MR) is 75.8 cm³/mol. The van der Waals surface area contributed by atoms with Crippen LogP contribution in [0.4, 0.5) is 0 Å². The van der Waals surface area contributed by atoms with E-state index in [1.165, 1.54) is 0 Å². The number of hydrogen-bond donors (Lipinski definition) is 0. The lowest BCUT2D eigenvalue weighted by Gasteiger charge is -2.17. The first-order valence-corrected chi connectivity index (χ1v) is 6.90. The Morgan fingerprint density at radius 2 is 2.32 bits per heavy atom. The lowest BCUT2D eigenvalue weighted by Crippen LogP contribution is -2.17. The Morgan fingerprint density at radius 3 is 2.95 bits per heavy atom. The fourth-order valence-electron chi connectivity index (χ4n) is 1.92. The highest BCUT2D eigenvalue weighted by molar-refractivity contribution is 9.10. The van der Waals surface area contributed by atoms with Crippen molar-refractivity contribution in [3.63, 3.8) is 0 Å². The molecule has 100 valence electrons. The molecule has 1 aromatic heterocycles. The van der Waals surface area contributed by atoms with Gasteiger partial charge in [0, 0.05) is 16.9 Å². The van der Waals surface area contributed by atoms with Gasteiger partial charge < -0.3 is 4.74 Å². The topological polar surface area (TPSA) is 44.1 Å². The summed E-state index contributed by atoms with van der Waals surface area (Å²) in [5, 5.41) is 4.23. The zero-order chi connectivity index (χ0) is 13.7. The van der Waals surface area contributed by atoms with Crippen LogP contribution >= 0.6 is 15.9 Å². The molecule has 2 rings (SSSR count). The SMILES string of the molecule is CCOC(=O)CC(c1cccc(Br)c1)n1cccn1. The fourth-order valence-corrected chi connectivity index (χ4v) is 2.34. The maximum absolute atomic E-state index is 11.7. The molecule has 0 spiro atoms. The number of rotatable bonds is 5. The lowest BCUT2D eigenvalue weighted by atomic mass is 10.0. The van der Waals surface area contributed by atoms with Crippen LogP contribution < -0.4 is 0 Å². The summed E-state index contributed by atoms with van der Waals surface area (Å²) in [5.41, 5.74) is 1.02. The normalized spacial score (nSPS) is 12.1. The molecule has 2 aromatic rings. The highest BCUT2D eigenvalue weighted by atomic mass is 79.9. The summed E-state index contributed by atoms with van der Waals surface area (Å²) in [4.78, 5) is 11.7. The molecular weight excluding hydrogens is 308 g/mol. The van der Waals surface area contributed by atoms with Crippen molar-refractivity contribution in [1.82, 2.24) is 9.78 Å². The molecule has 5 heteroatoms. The van der Waals surface area contributed by atoms with E-state index in [9.17, 15) is 4.79 Å². The van der Waals surface area contributed by atoms with E-state index >= 15 is 0 Å². The van der Waals surface area contributed by atoms with Crippen molar-refractivity contribution in [1.29, 1.82) is 0 Å². The zero-order valence-electron chi connectivity index (χ0n) is 10.6. The van der Waals surface area contributed by atoms with Crippen LogP contribution in [0.1, 0.15) is 24.9 Å². The fraction of sp³-hybridized carbons (Fsp3) is 0.286. The third-order valence-electron chi connectivity index (χ3n) is 2.74. The Bertz CT molecular complexity index is 540. The monoisotopic (exact) mass is 322 g/mol. The molecule has 1 atom stereocenters. The van der Waals surface area contributed by atoms with Gasteiger partial charge in [0.25, 0.3) is 0 Å². The third kappa shape index (κ3) is 3.67. The standard InChI is InChI=1S/C14H15BrN2O2/c1-2-19-14(18)10-13(17-8-4-7-16-17)11-5-3-6-12(15)9-11/h3-9,13H,2,10H2,1H3. The molecule has 0 radical (unpaired) electrons. The van der Waals surface area contributed by atoms with E-state index < -0.39 is 0 Å². The molecule has 0 bridgehead atoms. The average Bonchev–Trinajstić information content (AvgIpc) is 2.90. The van der Waals surface area contributed by atoms with Crippen LogP contribution in [-0.4, -0.2) is 22.4 Å². The first-order valence-electron chi connectivity index (χ1n) is 6.11. The number of carbonyl (C=O) groups excluding carboxylic acids is 1. The minimum Gasteiger partial charge on any atom is -0.466 e. The number of carbonyl (C=O) groups is 1. The summed E-state index contributed by atoms with van der Waals surface area (Å²) in [6.45, 7) is 2.20. The highest BCUT2D eigenvalue weighted by Crippen LogP contribution is 2.24. The average molecular weight is 323 g/mol. The molecule has 19 heavy (non-hydrogen) atoms. The Morgan fingerprint density at radius 1 is 1.47 bits per heavy atom. The van der Waals surface area contributed by atoms with Crippen molar-refractivity contribution in [3.05, 3.63) is 52.8 Å². The van der Waals surface area contributed by atoms with Crippen molar-refractivity contribution in [3.8, 4) is 0 Å². The Balaban J connectivity index is 2.27. The van der Waals surface area contributed by atoms with Crippen LogP contribution in [0.25, 0.3) is 0 Å². The number of hydrogen-bond acceptors (Lipinski definition) is 3. The summed E-state index contributed by atoms with van der Waals surface area (Å²) >= 11 is 3.44. The number of aromatic nitrogens is 2. The number of esters is 1. The van der Waals surface area contributed by atoms with Crippen LogP contribution in [0.3, 0.4) is 0 Å². The van der Waals surface area contributed by atoms with E-state index in [4.69, 9.17) is 4.74 Å². The summed E-state index contributed by atoms with van der Waals surface area (Å²) in [7, 11) is 0. The molecule has 4 nitrogen and oxygen atoms in total. The van der Waals surface area contributed by atoms with Crippen molar-refractivity contribution in [2.45, 2.75) is 19.4 Å². The first kappa shape index (κ1) is 13.8. The van der Waals surface area contributed by atoms with Gasteiger partial charge in [-0.1, -0.05) is 28.1 Å². The Kier molecular flexibility index (Phi) is 4.74. The van der Waals surface area contributed by atoms with Crippen molar-refractivity contribution >= 4 is 21.9 Å². The van der Waals surface area contributed by atoms with Crippen LogP contribution in [0, 0.1) is 0 Å². The van der Waals surface area contributed by atoms with Crippen LogP contribution in [0.5, 0.6) is 0 Å². The molecule has 1 heterocycles. The number of nitrogens with zero attached hydrogens (tertiary/aromatic N) is 2. The number of benzene rings is 1. The van der Waals surface area contributed by atoms with Crippen LogP contribution in [0.15, 0.2) is 47.2 Å². The molecule has 0 aliphatic carbocycles. The summed E-state index contributed by atoms with van der Waals surface area (Å²) < 4.78 is 7.78. The maximum atomic E-state index is 11.7. The van der Waals surface area contributed by atoms with Gasteiger partial charge in [0.1, 0.15) is 0 Å². The van der Waals surface area contributed by atoms with E-state index in [0.717, 1.165) is 10.0 Å². The molecule has 0 saturated heterocycles. The first-order chi connectivity index (χ1) is 9.20. The van der Waals surface area contributed by atoms with Crippen LogP contribution in [0.2, 0.25) is 0 Å². The lowest BCUT2D eigenvalue weighted by molar-refractivity contribution is -0.143. The van der Waals surface area contributed by atoms with E-state index in [2.05, 4.69) is 21.0 Å². The molecule has 0 aliphatic rings. The highest BCUT2D eigenvalue weighted by Gasteiger charge is 2.19. The minimum absolute atomic E-state index is 0.147. The number of halogens is 1. The zero-order valence-corrected chi connectivity index (χ0v) is 12.2. The van der Waals surface area contributed by atoms with Gasteiger partial charge in [0.15, 0.2) is 0 Å².